The predicted molar refractivity (Wildman–Crippen MR) is 113 cm³/mol. The summed E-state index contributed by atoms with van der Waals surface area (Å²) in [7, 11) is -3.87. The summed E-state index contributed by atoms with van der Waals surface area (Å²) in [5, 5.41) is 4.03. The highest BCUT2D eigenvalue weighted by molar-refractivity contribution is 7.89. The number of amides is 1. The predicted octanol–water partition coefficient (Wildman–Crippen LogP) is 2.55. The van der Waals surface area contributed by atoms with E-state index < -0.39 is 21.7 Å². The number of nitrogens with zero attached hydrogens (tertiary/aromatic N) is 3. The molecule has 11 heteroatoms. The maximum Gasteiger partial charge on any atom is 0.234 e. The molecule has 0 aromatic carbocycles. The number of thiophene rings is 1. The highest BCUT2D eigenvalue weighted by Gasteiger charge is 2.34. The average Bonchev–Trinajstić information content (AvgIpc) is 3.27. The summed E-state index contributed by atoms with van der Waals surface area (Å²) in [5.41, 5.74) is 5.66. The number of nitrogens with two attached hydrogens (primary N) is 1. The van der Waals surface area contributed by atoms with Gasteiger partial charge in [0.2, 0.25) is 15.9 Å². The summed E-state index contributed by atoms with van der Waals surface area (Å²) < 4.78 is 33.1. The van der Waals surface area contributed by atoms with E-state index in [1.807, 2.05) is 6.07 Å². The van der Waals surface area contributed by atoms with E-state index in [1.54, 1.807) is 12.1 Å². The lowest BCUT2D eigenvalue weighted by Crippen LogP contribution is -2.50. The summed E-state index contributed by atoms with van der Waals surface area (Å²) in [6.07, 6.45) is 1.36. The first-order valence-electron chi connectivity index (χ1n) is 9.39. The largest absolute Gasteiger partial charge is 0.369 e. The molecular formula is C18H25ClN4O4S2. The molecule has 1 fully saturated rings. The molecule has 2 aromatic rings. The van der Waals surface area contributed by atoms with E-state index in [1.165, 1.54) is 15.6 Å². The number of primary amides is 1. The molecule has 8 nitrogen and oxygen atoms in total. The molecule has 3 rings (SSSR count). The van der Waals surface area contributed by atoms with E-state index >= 15 is 0 Å². The van der Waals surface area contributed by atoms with Gasteiger partial charge in [-0.15, -0.1) is 11.3 Å². The van der Waals surface area contributed by atoms with Crippen molar-refractivity contribution in [1.29, 1.82) is 0 Å². The second-order valence-corrected chi connectivity index (χ2v) is 11.1. The van der Waals surface area contributed by atoms with Crippen LogP contribution in [0.3, 0.4) is 0 Å². The number of aromatic nitrogens is 1. The highest BCUT2D eigenvalue weighted by Crippen LogP contribution is 2.32. The van der Waals surface area contributed by atoms with Crippen molar-refractivity contribution in [3.8, 4) is 10.6 Å². The van der Waals surface area contributed by atoms with Crippen LogP contribution < -0.4 is 5.73 Å². The summed E-state index contributed by atoms with van der Waals surface area (Å²) >= 11 is 7.32. The number of carbonyl (C=O) groups excluding carboxylic acids is 1. The number of likely N-dealkylation sites (tertiary alicyclic amines) is 1. The molecule has 2 aromatic heterocycles. The summed E-state index contributed by atoms with van der Waals surface area (Å²) in [5.74, 6) is -1.06. The van der Waals surface area contributed by atoms with Crippen LogP contribution in [-0.4, -0.2) is 59.6 Å². The van der Waals surface area contributed by atoms with Crippen LogP contribution in [0.4, 0.5) is 0 Å². The van der Waals surface area contributed by atoms with Crippen molar-refractivity contribution in [2.45, 2.75) is 45.3 Å². The number of rotatable bonds is 8. The molecule has 0 unspecified atom stereocenters. The maximum absolute atomic E-state index is 12.9. The van der Waals surface area contributed by atoms with Gasteiger partial charge in [0.25, 0.3) is 0 Å². The smallest absolute Gasteiger partial charge is 0.234 e. The highest BCUT2D eigenvalue weighted by atomic mass is 35.5. The van der Waals surface area contributed by atoms with Crippen LogP contribution in [0.15, 0.2) is 22.7 Å². The second-order valence-electron chi connectivity index (χ2n) is 7.41. The number of hydrogen-bond donors (Lipinski definition) is 1. The Hall–Kier alpha value is -1.46. The molecule has 29 heavy (non-hydrogen) atoms. The topological polar surface area (TPSA) is 110 Å². The van der Waals surface area contributed by atoms with E-state index in [4.69, 9.17) is 21.9 Å². The van der Waals surface area contributed by atoms with Gasteiger partial charge in [0, 0.05) is 18.2 Å². The van der Waals surface area contributed by atoms with Crippen molar-refractivity contribution < 1.29 is 17.7 Å². The third-order valence-electron chi connectivity index (χ3n) is 5.01. The van der Waals surface area contributed by atoms with Crippen molar-refractivity contribution in [3.63, 3.8) is 0 Å². The van der Waals surface area contributed by atoms with Crippen LogP contribution in [0.2, 0.25) is 4.34 Å². The number of halogens is 1. The van der Waals surface area contributed by atoms with Gasteiger partial charge in [0.15, 0.2) is 5.76 Å². The van der Waals surface area contributed by atoms with Crippen molar-refractivity contribution in [2.24, 2.45) is 5.73 Å². The molecule has 2 N–H and O–H groups in total. The second kappa shape index (κ2) is 9.13. The number of piperidine rings is 1. The van der Waals surface area contributed by atoms with Gasteiger partial charge in [0.1, 0.15) is 5.75 Å². The van der Waals surface area contributed by atoms with Crippen LogP contribution in [0.1, 0.15) is 32.4 Å². The molecule has 160 valence electrons. The van der Waals surface area contributed by atoms with Crippen molar-refractivity contribution in [3.05, 3.63) is 28.2 Å². The van der Waals surface area contributed by atoms with Gasteiger partial charge in [0.05, 0.1) is 21.5 Å². The van der Waals surface area contributed by atoms with E-state index in [0.717, 1.165) is 18.0 Å². The first-order chi connectivity index (χ1) is 13.7. The molecule has 0 spiro atoms. The van der Waals surface area contributed by atoms with Gasteiger partial charge >= 0.3 is 0 Å². The maximum atomic E-state index is 12.9. The molecule has 1 aliphatic rings. The van der Waals surface area contributed by atoms with Gasteiger partial charge < -0.3 is 15.2 Å². The molecule has 0 bridgehead atoms. The fourth-order valence-corrected chi connectivity index (χ4v) is 6.03. The molecule has 1 amide bonds. The first kappa shape index (κ1) is 22.2. The molecule has 0 saturated carbocycles. The average molecular weight is 461 g/mol. The Morgan fingerprint density at radius 2 is 2.10 bits per heavy atom. The Morgan fingerprint density at radius 1 is 1.41 bits per heavy atom. The van der Waals surface area contributed by atoms with Crippen LogP contribution >= 0.6 is 22.9 Å². The van der Waals surface area contributed by atoms with Gasteiger partial charge in [-0.1, -0.05) is 16.8 Å². The van der Waals surface area contributed by atoms with Crippen LogP contribution in [0.25, 0.3) is 10.6 Å². The minimum atomic E-state index is -3.87. The quantitative estimate of drug-likeness (QED) is 0.648. The molecule has 1 aliphatic heterocycles. The minimum Gasteiger partial charge on any atom is -0.369 e. The lowest BCUT2D eigenvalue weighted by molar-refractivity contribution is -0.115. The Kier molecular flexibility index (Phi) is 7.00. The first-order valence-corrected chi connectivity index (χ1v) is 12.2. The minimum absolute atomic E-state index is 0.0323. The Balaban J connectivity index is 1.80. The van der Waals surface area contributed by atoms with Crippen LogP contribution in [0, 0.1) is 0 Å². The van der Waals surface area contributed by atoms with E-state index in [2.05, 4.69) is 23.9 Å². The zero-order valence-electron chi connectivity index (χ0n) is 16.4. The van der Waals surface area contributed by atoms with Crippen molar-refractivity contribution in [1.82, 2.24) is 14.4 Å². The van der Waals surface area contributed by atoms with Gasteiger partial charge in [-0.25, -0.2) is 8.42 Å². The molecule has 0 aliphatic carbocycles. The summed E-state index contributed by atoms with van der Waals surface area (Å²) in [4.78, 5) is 14.5. The Bertz CT molecular complexity index is 949. The Morgan fingerprint density at radius 3 is 2.66 bits per heavy atom. The fourth-order valence-electron chi connectivity index (χ4n) is 3.52. The Labute approximate surface area is 179 Å². The van der Waals surface area contributed by atoms with E-state index in [-0.39, 0.29) is 12.6 Å². The lowest BCUT2D eigenvalue weighted by Gasteiger charge is -2.39. The summed E-state index contributed by atoms with van der Waals surface area (Å²) in [6.45, 7) is 5.86. The van der Waals surface area contributed by atoms with Gasteiger partial charge in [-0.05, 0) is 51.9 Å². The summed E-state index contributed by atoms with van der Waals surface area (Å²) in [6, 6.07) is 5.47. The molecule has 0 atom stereocenters. The van der Waals surface area contributed by atoms with Gasteiger partial charge in [-0.3, -0.25) is 4.79 Å². The lowest BCUT2D eigenvalue weighted by atomic mass is 10.0. The van der Waals surface area contributed by atoms with Crippen LogP contribution in [-0.2, 0) is 21.4 Å². The number of carbonyl (C=O) groups is 1. The van der Waals surface area contributed by atoms with E-state index in [9.17, 15) is 13.2 Å². The molecule has 1 saturated heterocycles. The molecular weight excluding hydrogens is 436 g/mol. The normalized spacial score (nSPS) is 16.7. The zero-order chi connectivity index (χ0) is 21.2. The van der Waals surface area contributed by atoms with Gasteiger partial charge in [-0.2, -0.15) is 4.31 Å². The number of sulfonamides is 1. The third-order valence-corrected chi connectivity index (χ3v) is 8.05. The molecule has 3 heterocycles. The fraction of sp³-hybridized carbons (Fsp3) is 0.556. The van der Waals surface area contributed by atoms with Crippen molar-refractivity contribution in [2.75, 3.05) is 18.8 Å². The standard InChI is InChI=1S/C18H25ClN4O4S2/c1-12(2)22-7-5-14(6-8-22)23(29(25,26)11-18(20)24)10-13-9-15(27-21-13)16-3-4-17(19)28-16/h3-4,9,12,14H,5-8,10-11H2,1-2H3,(H2,20,24). The zero-order valence-corrected chi connectivity index (χ0v) is 18.8. The third kappa shape index (κ3) is 5.58. The SMILES string of the molecule is CC(C)N1CCC(N(Cc2cc(-c3ccc(Cl)s3)on2)S(=O)(=O)CC(N)=O)CC1. The number of hydrogen-bond acceptors (Lipinski definition) is 7. The monoisotopic (exact) mass is 460 g/mol. The molecule has 0 radical (unpaired) electrons. The van der Waals surface area contributed by atoms with E-state index in [0.29, 0.717) is 34.7 Å². The van der Waals surface area contributed by atoms with Crippen molar-refractivity contribution >= 4 is 38.9 Å². The van der Waals surface area contributed by atoms with Crippen LogP contribution in [0.5, 0.6) is 0 Å².